The second-order valence-corrected chi connectivity index (χ2v) is 4.61. The number of carbonyl (C=O) groups is 1. The topological polar surface area (TPSA) is 49.3 Å². The highest BCUT2D eigenvalue weighted by Gasteiger charge is 2.36. The molecular weight excluding hydrogens is 174 g/mol. The van der Waals surface area contributed by atoms with Gasteiger partial charge in [-0.1, -0.05) is 0 Å². The monoisotopic (exact) mass is 187 g/mol. The first kappa shape index (κ1) is 8.38. The lowest BCUT2D eigenvalue weighted by Crippen LogP contribution is -2.50. The largest absolute Gasteiger partial charge is 0.480 e. The van der Waals surface area contributed by atoms with Crippen molar-refractivity contribution in [2.45, 2.75) is 24.9 Å². The Morgan fingerprint density at radius 3 is 2.75 bits per heavy atom. The molecule has 0 spiro atoms. The van der Waals surface area contributed by atoms with Gasteiger partial charge in [0.15, 0.2) is 0 Å². The number of carboxylic acids is 1. The molecule has 0 aromatic rings. The zero-order valence-corrected chi connectivity index (χ0v) is 7.64. The molecule has 1 saturated heterocycles. The Bertz CT molecular complexity index is 193. The minimum Gasteiger partial charge on any atom is -0.480 e. The second-order valence-electron chi connectivity index (χ2n) is 3.54. The summed E-state index contributed by atoms with van der Waals surface area (Å²) in [6.45, 7) is 0. The molecule has 68 valence electrons. The lowest BCUT2D eigenvalue weighted by atomic mass is 10.2. The molecule has 0 radical (unpaired) electrons. The van der Waals surface area contributed by atoms with E-state index >= 15 is 0 Å². The molecule has 0 bridgehead atoms. The van der Waals surface area contributed by atoms with E-state index in [1.54, 1.807) is 11.8 Å². The highest BCUT2D eigenvalue weighted by molar-refractivity contribution is 7.99. The van der Waals surface area contributed by atoms with Crippen LogP contribution in [0.2, 0.25) is 0 Å². The van der Waals surface area contributed by atoms with Gasteiger partial charge in [0.05, 0.1) is 0 Å². The number of rotatable bonds is 2. The van der Waals surface area contributed by atoms with Crippen LogP contribution < -0.4 is 5.32 Å². The quantitative estimate of drug-likeness (QED) is 0.663. The van der Waals surface area contributed by atoms with E-state index in [2.05, 4.69) is 5.32 Å². The molecule has 2 N–H and O–H groups in total. The average molecular weight is 187 g/mol. The maximum absolute atomic E-state index is 10.7. The highest BCUT2D eigenvalue weighted by Crippen LogP contribution is 2.35. The lowest BCUT2D eigenvalue weighted by Gasteiger charge is -2.28. The number of carboxylic acid groups (broad SMARTS) is 1. The Labute approximate surface area is 75.9 Å². The lowest BCUT2D eigenvalue weighted by molar-refractivity contribution is -0.139. The Hall–Kier alpha value is -0.220. The zero-order valence-electron chi connectivity index (χ0n) is 6.82. The minimum atomic E-state index is -0.701. The van der Waals surface area contributed by atoms with Crippen LogP contribution in [-0.4, -0.2) is 34.7 Å². The number of hydrogen-bond donors (Lipinski definition) is 2. The second kappa shape index (κ2) is 3.26. The fraction of sp³-hybridized carbons (Fsp3) is 0.875. The van der Waals surface area contributed by atoms with Crippen LogP contribution in [0, 0.1) is 5.92 Å². The summed E-state index contributed by atoms with van der Waals surface area (Å²) in [6, 6.07) is 0.152. The van der Waals surface area contributed by atoms with E-state index in [1.165, 1.54) is 12.8 Å². The molecule has 1 aliphatic carbocycles. The third kappa shape index (κ3) is 1.75. The highest BCUT2D eigenvalue weighted by atomic mass is 32.2. The average Bonchev–Trinajstić information content (AvgIpc) is 2.87. The van der Waals surface area contributed by atoms with Crippen LogP contribution in [0.25, 0.3) is 0 Å². The summed E-state index contributed by atoms with van der Waals surface area (Å²) in [5, 5.41) is 12.0. The van der Waals surface area contributed by atoms with Crippen LogP contribution in [0.4, 0.5) is 0 Å². The molecule has 2 fully saturated rings. The molecule has 1 aliphatic heterocycles. The first-order valence-electron chi connectivity index (χ1n) is 4.34. The molecule has 0 amide bonds. The van der Waals surface area contributed by atoms with Crippen molar-refractivity contribution in [2.75, 3.05) is 11.5 Å². The zero-order chi connectivity index (χ0) is 8.55. The van der Waals surface area contributed by atoms with Gasteiger partial charge in [0.1, 0.15) is 6.04 Å². The molecule has 12 heavy (non-hydrogen) atoms. The van der Waals surface area contributed by atoms with E-state index in [9.17, 15) is 4.79 Å². The summed E-state index contributed by atoms with van der Waals surface area (Å²) in [5.74, 6) is 1.88. The minimum absolute atomic E-state index is 0.311. The molecule has 1 saturated carbocycles. The molecule has 4 heteroatoms. The molecule has 3 nitrogen and oxygen atoms in total. The summed E-state index contributed by atoms with van der Waals surface area (Å²) in [4.78, 5) is 10.7. The third-order valence-electron chi connectivity index (χ3n) is 2.49. The molecular formula is C8H13NO2S. The van der Waals surface area contributed by atoms with E-state index in [0.29, 0.717) is 6.04 Å². The summed E-state index contributed by atoms with van der Waals surface area (Å²) in [7, 11) is 0. The van der Waals surface area contributed by atoms with Crippen molar-refractivity contribution < 1.29 is 9.90 Å². The van der Waals surface area contributed by atoms with Gasteiger partial charge in [0.25, 0.3) is 0 Å². The molecule has 2 atom stereocenters. The Morgan fingerprint density at radius 2 is 2.17 bits per heavy atom. The summed E-state index contributed by atoms with van der Waals surface area (Å²) in [5.41, 5.74) is 0. The van der Waals surface area contributed by atoms with E-state index in [4.69, 9.17) is 5.11 Å². The van der Waals surface area contributed by atoms with Gasteiger partial charge in [0, 0.05) is 17.5 Å². The molecule has 0 aromatic heterocycles. The van der Waals surface area contributed by atoms with Crippen LogP contribution in [-0.2, 0) is 4.79 Å². The van der Waals surface area contributed by atoms with Crippen molar-refractivity contribution in [3.8, 4) is 0 Å². The fourth-order valence-corrected chi connectivity index (χ4v) is 2.81. The maximum atomic E-state index is 10.7. The molecule has 2 aliphatic rings. The fourth-order valence-electron chi connectivity index (χ4n) is 1.58. The van der Waals surface area contributed by atoms with Gasteiger partial charge in [-0.05, 0) is 18.8 Å². The van der Waals surface area contributed by atoms with Crippen LogP contribution in [0.3, 0.4) is 0 Å². The molecule has 2 unspecified atom stereocenters. The van der Waals surface area contributed by atoms with Gasteiger partial charge in [-0.15, -0.1) is 0 Å². The van der Waals surface area contributed by atoms with Gasteiger partial charge >= 0.3 is 5.97 Å². The number of aliphatic carboxylic acids is 1. The Kier molecular flexibility index (Phi) is 2.28. The van der Waals surface area contributed by atoms with Crippen LogP contribution in [0.5, 0.6) is 0 Å². The van der Waals surface area contributed by atoms with E-state index in [0.717, 1.165) is 17.4 Å². The Balaban J connectivity index is 1.89. The SMILES string of the molecule is O=C(O)C1CSCC(C2CC2)N1. The normalized spacial score (nSPS) is 36.3. The molecule has 0 aromatic carbocycles. The Morgan fingerprint density at radius 1 is 1.42 bits per heavy atom. The first-order chi connectivity index (χ1) is 5.77. The van der Waals surface area contributed by atoms with Crippen molar-refractivity contribution >= 4 is 17.7 Å². The summed E-state index contributed by atoms with van der Waals surface area (Å²) in [6.07, 6.45) is 2.56. The standard InChI is InChI=1S/C8H13NO2S/c10-8(11)7-4-12-3-6(9-7)5-1-2-5/h5-7,9H,1-4H2,(H,10,11). The maximum Gasteiger partial charge on any atom is 0.321 e. The van der Waals surface area contributed by atoms with Crippen molar-refractivity contribution in [2.24, 2.45) is 5.92 Å². The van der Waals surface area contributed by atoms with E-state index < -0.39 is 5.97 Å². The van der Waals surface area contributed by atoms with Crippen molar-refractivity contribution in [3.63, 3.8) is 0 Å². The first-order valence-corrected chi connectivity index (χ1v) is 5.49. The van der Waals surface area contributed by atoms with Gasteiger partial charge in [-0.25, -0.2) is 0 Å². The van der Waals surface area contributed by atoms with Crippen LogP contribution in [0.1, 0.15) is 12.8 Å². The van der Waals surface area contributed by atoms with E-state index in [1.807, 2.05) is 0 Å². The summed E-state index contributed by atoms with van der Waals surface area (Å²) < 4.78 is 0. The van der Waals surface area contributed by atoms with Crippen LogP contribution >= 0.6 is 11.8 Å². The predicted molar refractivity (Wildman–Crippen MR) is 48.4 cm³/mol. The molecule has 1 heterocycles. The van der Waals surface area contributed by atoms with Gasteiger partial charge in [0.2, 0.25) is 0 Å². The number of nitrogens with one attached hydrogen (secondary N) is 1. The van der Waals surface area contributed by atoms with Crippen molar-refractivity contribution in [1.29, 1.82) is 0 Å². The third-order valence-corrected chi connectivity index (χ3v) is 3.65. The van der Waals surface area contributed by atoms with Gasteiger partial charge in [-0.2, -0.15) is 11.8 Å². The van der Waals surface area contributed by atoms with Crippen molar-refractivity contribution in [1.82, 2.24) is 5.32 Å². The van der Waals surface area contributed by atoms with Crippen LogP contribution in [0.15, 0.2) is 0 Å². The molecule has 2 rings (SSSR count). The predicted octanol–water partition coefficient (Wildman–Crippen LogP) is 0.555. The van der Waals surface area contributed by atoms with Gasteiger partial charge in [-0.3, -0.25) is 10.1 Å². The smallest absolute Gasteiger partial charge is 0.321 e. The number of hydrogen-bond acceptors (Lipinski definition) is 3. The van der Waals surface area contributed by atoms with Gasteiger partial charge < -0.3 is 5.11 Å². The van der Waals surface area contributed by atoms with Crippen molar-refractivity contribution in [3.05, 3.63) is 0 Å². The van der Waals surface area contributed by atoms with E-state index in [-0.39, 0.29) is 6.04 Å². The number of thioether (sulfide) groups is 1. The summed E-state index contributed by atoms with van der Waals surface area (Å²) >= 11 is 1.76.